The average Bonchev–Trinajstić information content (AvgIpc) is 2.75. The fourth-order valence-electron chi connectivity index (χ4n) is 1.20. The van der Waals surface area contributed by atoms with Gasteiger partial charge in [-0.25, -0.2) is 4.79 Å². The zero-order valence-corrected chi connectivity index (χ0v) is 9.36. The fourth-order valence-corrected chi connectivity index (χ4v) is 1.20. The number of methoxy groups -OCH3 is 1. The summed E-state index contributed by atoms with van der Waals surface area (Å²) in [4.78, 5) is 24.3. The van der Waals surface area contributed by atoms with E-state index in [1.807, 2.05) is 0 Å². The van der Waals surface area contributed by atoms with Gasteiger partial charge in [-0.2, -0.15) is 4.68 Å². The first-order valence-electron chi connectivity index (χ1n) is 4.70. The maximum atomic E-state index is 11.2. The molecule has 1 atom stereocenters. The average molecular weight is 244 g/mol. The van der Waals surface area contributed by atoms with E-state index >= 15 is 0 Å². The van der Waals surface area contributed by atoms with E-state index in [0.29, 0.717) is 0 Å². The van der Waals surface area contributed by atoms with Crippen LogP contribution in [-0.4, -0.2) is 44.5 Å². The number of aliphatic carboxylic acids is 1. The molecule has 0 spiro atoms. The van der Waals surface area contributed by atoms with E-state index in [1.54, 1.807) is 0 Å². The van der Waals surface area contributed by atoms with Gasteiger partial charge in [-0.1, -0.05) is 4.98 Å². The molecule has 1 heterocycles. The largest absolute Gasteiger partial charge is 0.490 e. The predicted octanol–water partition coefficient (Wildman–Crippen LogP) is 0.0226. The van der Waals surface area contributed by atoms with Crippen molar-refractivity contribution in [2.75, 3.05) is 13.7 Å². The summed E-state index contributed by atoms with van der Waals surface area (Å²) in [6, 6.07) is 0. The van der Waals surface area contributed by atoms with Gasteiger partial charge in [0.2, 0.25) is 6.33 Å². The summed E-state index contributed by atoms with van der Waals surface area (Å²) in [6.07, 6.45) is 1.15. The summed E-state index contributed by atoms with van der Waals surface area (Å²) in [7, 11) is 1.44. The molecule has 1 rings (SSSR count). The Hall–Kier alpha value is -2.03. The number of nitro groups is 1. The summed E-state index contributed by atoms with van der Waals surface area (Å²) >= 11 is 0. The Morgan fingerprint density at radius 1 is 1.76 bits per heavy atom. The third-order valence-corrected chi connectivity index (χ3v) is 2.40. The molecule has 0 saturated heterocycles. The van der Waals surface area contributed by atoms with Crippen molar-refractivity contribution in [3.63, 3.8) is 0 Å². The molecule has 0 aliphatic heterocycles. The normalized spacial score (nSPS) is 14.2. The highest BCUT2D eigenvalue weighted by Gasteiger charge is 2.39. The van der Waals surface area contributed by atoms with Crippen molar-refractivity contribution < 1.29 is 19.6 Å². The Labute approximate surface area is 96.2 Å². The van der Waals surface area contributed by atoms with Crippen molar-refractivity contribution in [2.24, 2.45) is 0 Å². The Bertz CT molecular complexity index is 431. The predicted molar refractivity (Wildman–Crippen MR) is 54.5 cm³/mol. The number of carboxylic acids is 1. The number of nitrogens with zero attached hydrogens (tertiary/aromatic N) is 4. The van der Waals surface area contributed by atoms with E-state index in [1.165, 1.54) is 14.0 Å². The SMILES string of the molecule is COCCC(C)(C(=O)O)n1cnc([N+](=O)[O-])n1. The highest BCUT2D eigenvalue weighted by Crippen LogP contribution is 2.21. The maximum Gasteiger partial charge on any atom is 0.490 e. The van der Waals surface area contributed by atoms with E-state index in [4.69, 9.17) is 9.84 Å². The van der Waals surface area contributed by atoms with E-state index < -0.39 is 22.4 Å². The standard InChI is InChI=1S/C8H12N4O5/c1-8(6(13)14,3-4-17-2)11-5-9-7(10-11)12(15)16/h5H,3-4H2,1-2H3,(H,13,14). The van der Waals surface area contributed by atoms with Crippen LogP contribution in [0.4, 0.5) is 5.95 Å². The van der Waals surface area contributed by atoms with Gasteiger partial charge in [-0.05, 0) is 11.8 Å². The molecule has 9 heteroatoms. The Morgan fingerprint density at radius 3 is 2.82 bits per heavy atom. The number of aromatic nitrogens is 3. The Kier molecular flexibility index (Phi) is 3.73. The lowest BCUT2D eigenvalue weighted by molar-refractivity contribution is -0.394. The molecule has 0 amide bonds. The van der Waals surface area contributed by atoms with Gasteiger partial charge in [0.1, 0.15) is 0 Å². The van der Waals surface area contributed by atoms with Gasteiger partial charge in [0.25, 0.3) is 0 Å². The minimum absolute atomic E-state index is 0.124. The molecule has 0 bridgehead atoms. The van der Waals surface area contributed by atoms with Gasteiger partial charge in [0.15, 0.2) is 5.54 Å². The van der Waals surface area contributed by atoms with Crippen LogP contribution in [0.1, 0.15) is 13.3 Å². The van der Waals surface area contributed by atoms with Crippen molar-refractivity contribution in [3.05, 3.63) is 16.4 Å². The van der Waals surface area contributed by atoms with Gasteiger partial charge in [-0.3, -0.25) is 0 Å². The lowest BCUT2D eigenvalue weighted by Gasteiger charge is -2.21. The number of ether oxygens (including phenoxy) is 1. The lowest BCUT2D eigenvalue weighted by atomic mass is 9.99. The van der Waals surface area contributed by atoms with Crippen molar-refractivity contribution in [1.29, 1.82) is 0 Å². The van der Waals surface area contributed by atoms with Crippen molar-refractivity contribution in [2.45, 2.75) is 18.9 Å². The van der Waals surface area contributed by atoms with Crippen LogP contribution in [0.15, 0.2) is 6.33 Å². The van der Waals surface area contributed by atoms with Crippen molar-refractivity contribution in [1.82, 2.24) is 14.8 Å². The highest BCUT2D eigenvalue weighted by molar-refractivity contribution is 5.76. The molecule has 0 aliphatic carbocycles. The topological polar surface area (TPSA) is 120 Å². The number of rotatable bonds is 6. The summed E-state index contributed by atoms with van der Waals surface area (Å²) in [5.41, 5.74) is -1.42. The molecular weight excluding hydrogens is 232 g/mol. The molecule has 0 aromatic carbocycles. The summed E-state index contributed by atoms with van der Waals surface area (Å²) < 4.78 is 5.77. The van der Waals surface area contributed by atoms with Crippen LogP contribution in [0.25, 0.3) is 0 Å². The second-order valence-corrected chi connectivity index (χ2v) is 3.57. The molecular formula is C8H12N4O5. The highest BCUT2D eigenvalue weighted by atomic mass is 16.6. The zero-order chi connectivity index (χ0) is 13.1. The van der Waals surface area contributed by atoms with Gasteiger partial charge in [-0.15, -0.1) is 0 Å². The van der Waals surface area contributed by atoms with Gasteiger partial charge in [0, 0.05) is 25.2 Å². The van der Waals surface area contributed by atoms with Crippen LogP contribution in [0.2, 0.25) is 0 Å². The first kappa shape index (κ1) is 13.0. The molecule has 1 N–H and O–H groups in total. The third kappa shape index (κ3) is 2.56. The molecule has 9 nitrogen and oxygen atoms in total. The van der Waals surface area contributed by atoms with E-state index in [-0.39, 0.29) is 13.0 Å². The molecule has 0 saturated carbocycles. The lowest BCUT2D eigenvalue weighted by Crippen LogP contribution is -2.40. The van der Waals surface area contributed by atoms with Crippen molar-refractivity contribution >= 4 is 11.9 Å². The molecule has 1 unspecified atom stereocenters. The molecule has 17 heavy (non-hydrogen) atoms. The van der Waals surface area contributed by atoms with Gasteiger partial charge in [0.05, 0.1) is 0 Å². The molecule has 0 fully saturated rings. The number of hydrogen-bond acceptors (Lipinski definition) is 6. The van der Waals surface area contributed by atoms with E-state index in [0.717, 1.165) is 11.0 Å². The first-order valence-corrected chi connectivity index (χ1v) is 4.70. The molecule has 0 radical (unpaired) electrons. The van der Waals surface area contributed by atoms with Gasteiger partial charge >= 0.3 is 11.9 Å². The maximum absolute atomic E-state index is 11.2. The van der Waals surface area contributed by atoms with Crippen LogP contribution < -0.4 is 0 Å². The smallest absolute Gasteiger partial charge is 0.479 e. The number of carboxylic acid groups (broad SMARTS) is 1. The van der Waals surface area contributed by atoms with E-state index in [9.17, 15) is 14.9 Å². The Morgan fingerprint density at radius 2 is 2.41 bits per heavy atom. The van der Waals surface area contributed by atoms with Crippen LogP contribution in [-0.2, 0) is 15.1 Å². The monoisotopic (exact) mass is 244 g/mol. The number of hydrogen-bond donors (Lipinski definition) is 1. The second kappa shape index (κ2) is 4.87. The summed E-state index contributed by atoms with van der Waals surface area (Å²) in [5, 5.41) is 23.1. The van der Waals surface area contributed by atoms with Crippen LogP contribution in [0.5, 0.6) is 0 Å². The van der Waals surface area contributed by atoms with Gasteiger partial charge < -0.3 is 20.0 Å². The molecule has 94 valence electrons. The van der Waals surface area contributed by atoms with Crippen molar-refractivity contribution in [3.8, 4) is 0 Å². The molecule has 1 aromatic rings. The minimum atomic E-state index is -1.42. The summed E-state index contributed by atoms with van der Waals surface area (Å²) in [6.45, 7) is 1.59. The van der Waals surface area contributed by atoms with E-state index in [2.05, 4.69) is 10.1 Å². The quantitative estimate of drug-likeness (QED) is 0.553. The fraction of sp³-hybridized carbons (Fsp3) is 0.625. The Balaban J connectivity index is 3.04. The van der Waals surface area contributed by atoms with Crippen LogP contribution in [0.3, 0.4) is 0 Å². The summed E-state index contributed by atoms with van der Waals surface area (Å²) in [5.74, 6) is -1.79. The van der Waals surface area contributed by atoms with Crippen LogP contribution >= 0.6 is 0 Å². The molecule has 1 aromatic heterocycles. The second-order valence-electron chi connectivity index (χ2n) is 3.57. The molecule has 0 aliphatic rings. The third-order valence-electron chi connectivity index (χ3n) is 2.40. The minimum Gasteiger partial charge on any atom is -0.479 e. The first-order chi connectivity index (χ1) is 7.91. The van der Waals surface area contributed by atoms with Crippen LogP contribution in [0, 0.1) is 10.1 Å². The zero-order valence-electron chi connectivity index (χ0n) is 9.36. The number of carbonyl (C=O) groups is 1.